The first-order valence-corrected chi connectivity index (χ1v) is 10.6. The summed E-state index contributed by atoms with van der Waals surface area (Å²) in [4.78, 5) is 15.3. The van der Waals surface area contributed by atoms with Crippen molar-refractivity contribution in [2.75, 3.05) is 31.3 Å². The molecule has 1 N–H and O–H groups in total. The summed E-state index contributed by atoms with van der Waals surface area (Å²) in [5.41, 5.74) is 2.87. The lowest BCUT2D eigenvalue weighted by molar-refractivity contribution is 0.447. The van der Waals surface area contributed by atoms with Gasteiger partial charge in [0, 0.05) is 44.7 Å². The highest BCUT2D eigenvalue weighted by atomic mass is 32.2. The minimum Gasteiger partial charge on any atom is -0.340 e. The molecule has 1 aliphatic heterocycles. The van der Waals surface area contributed by atoms with Crippen molar-refractivity contribution in [3.8, 4) is 0 Å². The van der Waals surface area contributed by atoms with Crippen molar-refractivity contribution >= 4 is 15.8 Å². The van der Waals surface area contributed by atoms with Gasteiger partial charge in [0.2, 0.25) is 5.95 Å². The molecule has 1 fully saturated rings. The molecule has 140 valence electrons. The van der Waals surface area contributed by atoms with E-state index < -0.39 is 9.84 Å². The molecular weight excluding hydrogens is 350 g/mol. The maximum Gasteiger partial charge on any atom is 0.225 e. The van der Waals surface area contributed by atoms with Crippen LogP contribution in [0.2, 0.25) is 0 Å². The van der Waals surface area contributed by atoms with Gasteiger partial charge in [-0.05, 0) is 43.5 Å². The van der Waals surface area contributed by atoms with Crippen molar-refractivity contribution in [1.82, 2.24) is 20.3 Å². The van der Waals surface area contributed by atoms with Crippen LogP contribution in [-0.4, -0.2) is 49.8 Å². The molecule has 26 heavy (non-hydrogen) atoms. The highest BCUT2D eigenvalue weighted by molar-refractivity contribution is 7.90. The number of nitrogens with zero attached hydrogens (tertiary/aromatic N) is 4. The molecule has 3 rings (SSSR count). The van der Waals surface area contributed by atoms with E-state index in [9.17, 15) is 8.42 Å². The van der Waals surface area contributed by atoms with E-state index in [1.165, 1.54) is 12.5 Å². The number of sulfone groups is 1. The van der Waals surface area contributed by atoms with Crippen molar-refractivity contribution < 1.29 is 8.42 Å². The summed E-state index contributed by atoms with van der Waals surface area (Å²) in [6.07, 6.45) is 8.21. The van der Waals surface area contributed by atoms with Crippen LogP contribution in [0.5, 0.6) is 0 Å². The number of anilines is 1. The molecular formula is C18H25N5O2S. The summed E-state index contributed by atoms with van der Waals surface area (Å²) in [6.45, 7) is 4.36. The molecule has 1 aliphatic rings. The Labute approximate surface area is 154 Å². The number of nitrogens with one attached hydrogen (secondary N) is 1. The number of hydrogen-bond acceptors (Lipinski definition) is 7. The monoisotopic (exact) mass is 375 g/mol. The molecule has 7 nitrogen and oxygen atoms in total. The number of piperidine rings is 1. The Morgan fingerprint density at radius 2 is 2.15 bits per heavy atom. The Hall–Kier alpha value is -2.06. The molecule has 0 bridgehead atoms. The number of hydrogen-bond donors (Lipinski definition) is 1. The minimum atomic E-state index is -3.37. The lowest BCUT2D eigenvalue weighted by Crippen LogP contribution is -2.30. The fourth-order valence-corrected chi connectivity index (χ4v) is 4.06. The first-order chi connectivity index (χ1) is 12.4. The second-order valence-electron chi connectivity index (χ2n) is 6.89. The van der Waals surface area contributed by atoms with E-state index in [0.717, 1.165) is 37.1 Å². The van der Waals surface area contributed by atoms with Crippen LogP contribution in [0.25, 0.3) is 0 Å². The third-order valence-electron chi connectivity index (χ3n) is 4.74. The van der Waals surface area contributed by atoms with E-state index in [1.54, 1.807) is 6.20 Å². The number of rotatable bonds is 5. The van der Waals surface area contributed by atoms with Crippen molar-refractivity contribution in [2.45, 2.75) is 37.1 Å². The maximum absolute atomic E-state index is 12.2. The van der Waals surface area contributed by atoms with Crippen molar-refractivity contribution in [3.05, 3.63) is 41.5 Å². The van der Waals surface area contributed by atoms with Gasteiger partial charge < -0.3 is 10.2 Å². The summed E-state index contributed by atoms with van der Waals surface area (Å²) >= 11 is 0. The van der Waals surface area contributed by atoms with Gasteiger partial charge >= 0.3 is 0 Å². The number of aromatic nitrogens is 3. The molecule has 0 unspecified atom stereocenters. The molecule has 8 heteroatoms. The molecule has 0 aliphatic carbocycles. The predicted octanol–water partition coefficient (Wildman–Crippen LogP) is 1.69. The van der Waals surface area contributed by atoms with E-state index in [0.29, 0.717) is 18.2 Å². The Bertz CT molecular complexity index is 879. The summed E-state index contributed by atoms with van der Waals surface area (Å²) in [6, 6.07) is 1.97. The molecule has 0 saturated carbocycles. The lowest BCUT2D eigenvalue weighted by Gasteiger charge is -2.25. The molecule has 1 atom stereocenters. The van der Waals surface area contributed by atoms with Crippen LogP contribution in [0.4, 0.5) is 5.95 Å². The van der Waals surface area contributed by atoms with Crippen LogP contribution in [0, 0.1) is 6.92 Å². The van der Waals surface area contributed by atoms with E-state index in [2.05, 4.69) is 20.3 Å². The fourth-order valence-electron chi connectivity index (χ4n) is 3.23. The Morgan fingerprint density at radius 1 is 1.35 bits per heavy atom. The fraction of sp³-hybridized carbons (Fsp3) is 0.500. The highest BCUT2D eigenvalue weighted by Crippen LogP contribution is 2.28. The van der Waals surface area contributed by atoms with Gasteiger partial charge in [-0.1, -0.05) is 0 Å². The molecule has 1 saturated heterocycles. The van der Waals surface area contributed by atoms with Crippen molar-refractivity contribution in [2.24, 2.45) is 0 Å². The predicted molar refractivity (Wildman–Crippen MR) is 101 cm³/mol. The summed E-state index contributed by atoms with van der Waals surface area (Å²) in [5, 5.41) is 3.33. The summed E-state index contributed by atoms with van der Waals surface area (Å²) < 4.78 is 24.4. The largest absolute Gasteiger partial charge is 0.340 e. The molecule has 0 spiro atoms. The van der Waals surface area contributed by atoms with E-state index in [4.69, 9.17) is 0 Å². The SMILES string of the molecule is Cc1cnccc1CN(C)c1ncc(S(C)(=O)=O)c([C@H]2CCCNC2)n1. The Morgan fingerprint density at radius 3 is 2.81 bits per heavy atom. The standard InChI is InChI=1S/C18H25N5O2S/c1-13-9-20-8-6-15(13)12-23(2)18-21-11-16(26(3,24)25)17(22-18)14-5-4-7-19-10-14/h6,8-9,11,14,19H,4-5,7,10,12H2,1-3H3/t14-/m0/s1. The molecule has 2 aromatic heterocycles. The molecule has 2 aromatic rings. The van der Waals surface area contributed by atoms with E-state index >= 15 is 0 Å². The number of aryl methyl sites for hydroxylation is 1. The molecule has 3 heterocycles. The first kappa shape index (κ1) is 18.7. The normalized spacial score (nSPS) is 17.9. The zero-order valence-corrected chi connectivity index (χ0v) is 16.3. The zero-order valence-electron chi connectivity index (χ0n) is 15.4. The molecule has 0 aromatic carbocycles. The highest BCUT2D eigenvalue weighted by Gasteiger charge is 2.26. The quantitative estimate of drug-likeness (QED) is 0.851. The molecule has 0 amide bonds. The smallest absolute Gasteiger partial charge is 0.225 e. The Kier molecular flexibility index (Phi) is 5.52. The van der Waals surface area contributed by atoms with Crippen molar-refractivity contribution in [1.29, 1.82) is 0 Å². The van der Waals surface area contributed by atoms with Gasteiger partial charge in [0.1, 0.15) is 4.90 Å². The van der Waals surface area contributed by atoms with Crippen LogP contribution in [0.3, 0.4) is 0 Å². The topological polar surface area (TPSA) is 88.1 Å². The van der Waals surface area contributed by atoms with Crippen molar-refractivity contribution in [3.63, 3.8) is 0 Å². The Balaban J connectivity index is 1.94. The van der Waals surface area contributed by atoms with Crippen LogP contribution in [0.15, 0.2) is 29.6 Å². The maximum atomic E-state index is 12.2. The van der Waals surface area contributed by atoms with Gasteiger partial charge in [0.25, 0.3) is 0 Å². The third-order valence-corrected chi connectivity index (χ3v) is 5.85. The summed E-state index contributed by atoms with van der Waals surface area (Å²) in [7, 11) is -1.46. The van der Waals surface area contributed by atoms with Crippen LogP contribution < -0.4 is 10.2 Å². The second-order valence-corrected chi connectivity index (χ2v) is 8.88. The zero-order chi connectivity index (χ0) is 18.7. The second kappa shape index (κ2) is 7.67. The third kappa shape index (κ3) is 4.19. The van der Waals surface area contributed by atoms with E-state index in [-0.39, 0.29) is 10.8 Å². The van der Waals surface area contributed by atoms with Crippen LogP contribution in [0.1, 0.15) is 35.6 Å². The van der Waals surface area contributed by atoms with Crippen LogP contribution in [-0.2, 0) is 16.4 Å². The van der Waals surface area contributed by atoms with Gasteiger partial charge in [-0.25, -0.2) is 18.4 Å². The van der Waals surface area contributed by atoms with E-state index in [1.807, 2.05) is 31.1 Å². The average molecular weight is 375 g/mol. The molecule has 0 radical (unpaired) electrons. The number of pyridine rings is 1. The summed E-state index contributed by atoms with van der Waals surface area (Å²) in [5.74, 6) is 0.625. The first-order valence-electron chi connectivity index (χ1n) is 8.74. The van der Waals surface area contributed by atoms with Gasteiger partial charge in [-0.2, -0.15) is 0 Å². The van der Waals surface area contributed by atoms with Gasteiger partial charge in [-0.15, -0.1) is 0 Å². The average Bonchev–Trinajstić information content (AvgIpc) is 2.63. The minimum absolute atomic E-state index is 0.0892. The van der Waals surface area contributed by atoms with Gasteiger partial charge in [0.15, 0.2) is 9.84 Å². The van der Waals surface area contributed by atoms with Gasteiger partial charge in [-0.3, -0.25) is 4.98 Å². The van der Waals surface area contributed by atoms with Gasteiger partial charge in [0.05, 0.1) is 11.9 Å². The lowest BCUT2D eigenvalue weighted by atomic mass is 9.96. The van der Waals surface area contributed by atoms with Crippen LogP contribution >= 0.6 is 0 Å².